The van der Waals surface area contributed by atoms with Gasteiger partial charge in [0.15, 0.2) is 0 Å². The molecule has 90 valence electrons. The van der Waals surface area contributed by atoms with E-state index in [1.54, 1.807) is 0 Å². The topological polar surface area (TPSA) is 35.2 Å². The van der Waals surface area contributed by atoms with Crippen LogP contribution >= 0.6 is 0 Å². The molecule has 2 nitrogen and oxygen atoms in total. The van der Waals surface area contributed by atoms with E-state index >= 15 is 0 Å². The van der Waals surface area contributed by atoms with Gasteiger partial charge in [0.25, 0.3) is 0 Å². The zero-order chi connectivity index (χ0) is 12.4. The summed E-state index contributed by atoms with van der Waals surface area (Å²) in [5.74, 6) is 0.931. The van der Waals surface area contributed by atoms with Crippen LogP contribution in [-0.2, 0) is 0 Å². The molecule has 0 aliphatic heterocycles. The van der Waals surface area contributed by atoms with E-state index in [1.807, 2.05) is 39.0 Å². The van der Waals surface area contributed by atoms with Crippen molar-refractivity contribution in [2.75, 3.05) is 0 Å². The van der Waals surface area contributed by atoms with Gasteiger partial charge in [-0.3, -0.25) is 0 Å². The first kappa shape index (κ1) is 11.9. The molecule has 2 aromatic rings. The van der Waals surface area contributed by atoms with Crippen molar-refractivity contribution in [1.29, 1.82) is 0 Å². The molecule has 17 heavy (non-hydrogen) atoms. The van der Waals surface area contributed by atoms with Gasteiger partial charge in [0.2, 0.25) is 0 Å². The van der Waals surface area contributed by atoms with E-state index in [0.717, 1.165) is 16.7 Å². The van der Waals surface area contributed by atoms with E-state index in [4.69, 9.17) is 10.5 Å². The zero-order valence-electron chi connectivity index (χ0n) is 10.6. The van der Waals surface area contributed by atoms with E-state index in [2.05, 4.69) is 18.2 Å². The minimum absolute atomic E-state index is 0.0352. The third-order valence-corrected chi connectivity index (χ3v) is 2.77. The maximum Gasteiger partial charge on any atom is 0.127 e. The molecule has 0 aromatic heterocycles. The second-order valence-electron chi connectivity index (χ2n) is 4.65. The molecule has 0 aliphatic rings. The second-order valence-corrected chi connectivity index (χ2v) is 4.65. The molecule has 0 fully saturated rings. The van der Waals surface area contributed by atoms with Crippen LogP contribution in [0, 0.1) is 0 Å². The number of hydrogen-bond donors (Lipinski definition) is 1. The van der Waals surface area contributed by atoms with Crippen molar-refractivity contribution in [2.24, 2.45) is 5.73 Å². The highest BCUT2D eigenvalue weighted by atomic mass is 16.5. The Morgan fingerprint density at radius 2 is 1.59 bits per heavy atom. The monoisotopic (exact) mass is 229 g/mol. The molecule has 2 aromatic carbocycles. The number of benzene rings is 2. The van der Waals surface area contributed by atoms with Gasteiger partial charge in [-0.2, -0.15) is 0 Å². The highest BCUT2D eigenvalue weighted by Gasteiger charge is 2.09. The molecule has 2 N–H and O–H groups in total. The third kappa shape index (κ3) is 2.42. The van der Waals surface area contributed by atoms with Crippen LogP contribution in [0.25, 0.3) is 10.8 Å². The lowest BCUT2D eigenvalue weighted by atomic mass is 9.99. The van der Waals surface area contributed by atoms with Crippen LogP contribution in [0.15, 0.2) is 36.4 Å². The summed E-state index contributed by atoms with van der Waals surface area (Å²) in [4.78, 5) is 0. The van der Waals surface area contributed by atoms with Crippen molar-refractivity contribution in [3.63, 3.8) is 0 Å². The third-order valence-electron chi connectivity index (χ3n) is 2.77. The highest BCUT2D eigenvalue weighted by Crippen LogP contribution is 2.31. The summed E-state index contributed by atoms with van der Waals surface area (Å²) in [6.45, 7) is 6.08. The Balaban J connectivity index is 2.62. The smallest absolute Gasteiger partial charge is 0.127 e. The van der Waals surface area contributed by atoms with E-state index in [-0.39, 0.29) is 12.1 Å². The van der Waals surface area contributed by atoms with Crippen molar-refractivity contribution in [2.45, 2.75) is 32.9 Å². The van der Waals surface area contributed by atoms with Crippen LogP contribution in [0.4, 0.5) is 0 Å². The van der Waals surface area contributed by atoms with Crippen molar-refractivity contribution >= 4 is 10.8 Å². The SMILES string of the molecule is CC(C)Oc1ccc(C(C)N)c2ccccc12. The Morgan fingerprint density at radius 3 is 2.18 bits per heavy atom. The fourth-order valence-electron chi connectivity index (χ4n) is 2.05. The molecule has 0 saturated carbocycles. The highest BCUT2D eigenvalue weighted by molar-refractivity contribution is 5.91. The molecular weight excluding hydrogens is 210 g/mol. The Bertz CT molecular complexity index is 517. The number of nitrogens with two attached hydrogens (primary N) is 1. The minimum Gasteiger partial charge on any atom is -0.490 e. The summed E-state index contributed by atoms with van der Waals surface area (Å²) in [6, 6.07) is 12.4. The summed E-state index contributed by atoms with van der Waals surface area (Å²) >= 11 is 0. The van der Waals surface area contributed by atoms with Crippen molar-refractivity contribution < 1.29 is 4.74 Å². The predicted molar refractivity (Wildman–Crippen MR) is 72.3 cm³/mol. The van der Waals surface area contributed by atoms with Crippen molar-refractivity contribution in [3.8, 4) is 5.75 Å². The molecule has 2 rings (SSSR count). The largest absolute Gasteiger partial charge is 0.490 e. The fourth-order valence-corrected chi connectivity index (χ4v) is 2.05. The minimum atomic E-state index is 0.0352. The Kier molecular flexibility index (Phi) is 3.34. The van der Waals surface area contributed by atoms with Gasteiger partial charge in [-0.15, -0.1) is 0 Å². The first-order chi connectivity index (χ1) is 8.09. The molecule has 0 heterocycles. The maximum atomic E-state index is 5.99. The van der Waals surface area contributed by atoms with Crippen LogP contribution in [0.3, 0.4) is 0 Å². The molecule has 0 bridgehead atoms. The van der Waals surface area contributed by atoms with Crippen molar-refractivity contribution in [3.05, 3.63) is 42.0 Å². The van der Waals surface area contributed by atoms with E-state index in [0.29, 0.717) is 0 Å². The summed E-state index contributed by atoms with van der Waals surface area (Å²) in [5, 5.41) is 2.32. The van der Waals surface area contributed by atoms with Gasteiger partial charge in [0, 0.05) is 11.4 Å². The summed E-state index contributed by atoms with van der Waals surface area (Å²) in [6.07, 6.45) is 0.180. The van der Waals surface area contributed by atoms with Gasteiger partial charge in [-0.25, -0.2) is 0 Å². The second kappa shape index (κ2) is 4.76. The summed E-state index contributed by atoms with van der Waals surface area (Å²) in [7, 11) is 0. The molecule has 1 unspecified atom stereocenters. The molecule has 0 radical (unpaired) electrons. The summed E-state index contributed by atoms with van der Waals surface area (Å²) < 4.78 is 5.82. The molecule has 0 saturated heterocycles. The van der Waals surface area contributed by atoms with Gasteiger partial charge in [-0.1, -0.05) is 30.3 Å². The van der Waals surface area contributed by atoms with Gasteiger partial charge in [0.05, 0.1) is 6.10 Å². The summed E-state index contributed by atoms with van der Waals surface area (Å²) in [5.41, 5.74) is 7.15. The fraction of sp³-hybridized carbons (Fsp3) is 0.333. The predicted octanol–water partition coefficient (Wildman–Crippen LogP) is 3.65. The molecule has 2 heteroatoms. The molecular formula is C15H19NO. The molecule has 0 aliphatic carbocycles. The van der Waals surface area contributed by atoms with Crippen LogP contribution in [0.5, 0.6) is 5.75 Å². The Hall–Kier alpha value is -1.54. The quantitative estimate of drug-likeness (QED) is 0.872. The van der Waals surface area contributed by atoms with Crippen LogP contribution in [-0.4, -0.2) is 6.10 Å². The van der Waals surface area contributed by atoms with Gasteiger partial charge >= 0.3 is 0 Å². The lowest BCUT2D eigenvalue weighted by Gasteiger charge is -2.16. The lowest BCUT2D eigenvalue weighted by Crippen LogP contribution is -2.08. The van der Waals surface area contributed by atoms with E-state index < -0.39 is 0 Å². The first-order valence-electron chi connectivity index (χ1n) is 6.03. The number of ether oxygens (including phenoxy) is 1. The molecule has 0 spiro atoms. The normalized spacial score (nSPS) is 13.0. The number of rotatable bonds is 3. The average molecular weight is 229 g/mol. The lowest BCUT2D eigenvalue weighted by molar-refractivity contribution is 0.245. The van der Waals surface area contributed by atoms with Gasteiger partial charge in [0.1, 0.15) is 5.75 Å². The standard InChI is InChI=1S/C15H19NO/c1-10(2)17-15-9-8-12(11(3)16)13-6-4-5-7-14(13)15/h4-11H,16H2,1-3H3. The van der Waals surface area contributed by atoms with Gasteiger partial charge in [-0.05, 0) is 37.8 Å². The van der Waals surface area contributed by atoms with E-state index in [9.17, 15) is 0 Å². The number of fused-ring (bicyclic) bond motifs is 1. The van der Waals surface area contributed by atoms with Crippen LogP contribution in [0.2, 0.25) is 0 Å². The van der Waals surface area contributed by atoms with E-state index in [1.165, 1.54) is 5.39 Å². The number of hydrogen-bond acceptors (Lipinski definition) is 2. The maximum absolute atomic E-state index is 5.99. The van der Waals surface area contributed by atoms with Crippen molar-refractivity contribution in [1.82, 2.24) is 0 Å². The molecule has 0 amide bonds. The molecule has 1 atom stereocenters. The van der Waals surface area contributed by atoms with Gasteiger partial charge < -0.3 is 10.5 Å². The Morgan fingerprint density at radius 1 is 0.941 bits per heavy atom. The average Bonchev–Trinajstić information content (AvgIpc) is 2.28. The van der Waals surface area contributed by atoms with Crippen LogP contribution in [0.1, 0.15) is 32.4 Å². The Labute approximate surface area is 102 Å². The zero-order valence-corrected chi connectivity index (χ0v) is 10.6. The van der Waals surface area contributed by atoms with Crippen LogP contribution < -0.4 is 10.5 Å². The first-order valence-corrected chi connectivity index (χ1v) is 6.03.